The minimum atomic E-state index is -3.48. The molecule has 116 valence electrons. The molecule has 0 saturated carbocycles. The monoisotopic (exact) mass is 345 g/mol. The summed E-state index contributed by atoms with van der Waals surface area (Å²) in [6.45, 7) is 4.80. The molecule has 2 heterocycles. The molecule has 0 aliphatic carbocycles. The van der Waals surface area contributed by atoms with E-state index in [4.69, 9.17) is 0 Å². The van der Waals surface area contributed by atoms with E-state index in [2.05, 4.69) is 21.9 Å². The van der Waals surface area contributed by atoms with E-state index in [9.17, 15) is 8.42 Å². The second kappa shape index (κ2) is 6.97. The van der Waals surface area contributed by atoms with Crippen LogP contribution in [-0.2, 0) is 29.5 Å². The molecule has 21 heavy (non-hydrogen) atoms. The molecule has 0 fully saturated rings. The van der Waals surface area contributed by atoms with Crippen LogP contribution in [0.1, 0.15) is 26.6 Å². The van der Waals surface area contributed by atoms with Crippen LogP contribution in [0.15, 0.2) is 17.2 Å². The van der Waals surface area contributed by atoms with Crippen LogP contribution < -0.4 is 10.0 Å². The summed E-state index contributed by atoms with van der Waals surface area (Å²) in [4.78, 5) is 7.57. The van der Waals surface area contributed by atoms with Crippen LogP contribution in [0.4, 0.5) is 0 Å². The highest BCUT2D eigenvalue weighted by Crippen LogP contribution is 2.26. The predicted octanol–water partition coefficient (Wildman–Crippen LogP) is 2.27. The lowest BCUT2D eigenvalue weighted by Gasteiger charge is -2.04. The average Bonchev–Trinajstić information content (AvgIpc) is 3.04. The number of sulfonamides is 1. The normalized spacial score (nSPS) is 12.0. The number of thiophene rings is 1. The fourth-order valence-corrected chi connectivity index (χ4v) is 5.41. The summed E-state index contributed by atoms with van der Waals surface area (Å²) in [6, 6.07) is 1.73. The van der Waals surface area contributed by atoms with Crippen molar-refractivity contribution in [3.63, 3.8) is 0 Å². The van der Waals surface area contributed by atoms with Crippen LogP contribution in [0.5, 0.6) is 0 Å². The van der Waals surface area contributed by atoms with Gasteiger partial charge >= 0.3 is 0 Å². The summed E-state index contributed by atoms with van der Waals surface area (Å²) < 4.78 is 27.4. The average molecular weight is 346 g/mol. The Morgan fingerprint density at radius 1 is 1.24 bits per heavy atom. The number of thiazole rings is 1. The Balaban J connectivity index is 2.10. The van der Waals surface area contributed by atoms with Crippen molar-refractivity contribution in [2.45, 2.75) is 38.3 Å². The number of nitrogens with one attached hydrogen (secondary N) is 2. The molecule has 0 spiro atoms. The van der Waals surface area contributed by atoms with Gasteiger partial charge < -0.3 is 5.32 Å². The van der Waals surface area contributed by atoms with E-state index in [1.807, 2.05) is 14.0 Å². The van der Waals surface area contributed by atoms with Crippen molar-refractivity contribution in [1.82, 2.24) is 15.0 Å². The fraction of sp³-hybridized carbons (Fsp3) is 0.462. The molecule has 2 rings (SSSR count). The van der Waals surface area contributed by atoms with E-state index in [0.717, 1.165) is 26.1 Å². The zero-order valence-electron chi connectivity index (χ0n) is 12.3. The van der Waals surface area contributed by atoms with Crippen molar-refractivity contribution in [1.29, 1.82) is 0 Å². The van der Waals surface area contributed by atoms with Gasteiger partial charge in [0.05, 0.1) is 11.4 Å². The van der Waals surface area contributed by atoms with Crippen LogP contribution in [0, 0.1) is 6.92 Å². The quantitative estimate of drug-likeness (QED) is 0.807. The van der Waals surface area contributed by atoms with Gasteiger partial charge in [0, 0.05) is 27.4 Å². The topological polar surface area (TPSA) is 71.1 Å². The van der Waals surface area contributed by atoms with Gasteiger partial charge in [-0.2, -0.15) is 0 Å². The maximum absolute atomic E-state index is 12.4. The van der Waals surface area contributed by atoms with Crippen LogP contribution in [0.3, 0.4) is 0 Å². The first-order valence-electron chi connectivity index (χ1n) is 6.63. The van der Waals surface area contributed by atoms with Crippen molar-refractivity contribution >= 4 is 32.7 Å². The van der Waals surface area contributed by atoms with E-state index in [1.54, 1.807) is 23.6 Å². The van der Waals surface area contributed by atoms with E-state index in [-0.39, 0.29) is 6.54 Å². The maximum atomic E-state index is 12.4. The molecule has 0 bridgehead atoms. The number of hydrogen-bond acceptors (Lipinski definition) is 6. The van der Waals surface area contributed by atoms with Crippen LogP contribution in [-0.4, -0.2) is 20.4 Å². The number of hydrogen-bond donors (Lipinski definition) is 2. The third kappa shape index (κ3) is 4.10. The standard InChI is InChI=1S/C13H19N3O2S3/c1-4-10-7-15-13(20-10)8-16-21(17,18)12-5-11(6-14-3)19-9(12)2/h5,7,14,16H,4,6,8H2,1-3H3. The minimum Gasteiger partial charge on any atom is -0.315 e. The highest BCUT2D eigenvalue weighted by Gasteiger charge is 2.20. The number of aryl methyl sites for hydroxylation is 2. The Bertz CT molecular complexity index is 704. The van der Waals surface area contributed by atoms with Crippen molar-refractivity contribution < 1.29 is 8.42 Å². The van der Waals surface area contributed by atoms with Crippen LogP contribution in [0.2, 0.25) is 0 Å². The summed E-state index contributed by atoms with van der Waals surface area (Å²) in [5, 5.41) is 3.82. The minimum absolute atomic E-state index is 0.240. The highest BCUT2D eigenvalue weighted by atomic mass is 32.2. The van der Waals surface area contributed by atoms with E-state index < -0.39 is 10.0 Å². The van der Waals surface area contributed by atoms with Crippen molar-refractivity contribution in [2.75, 3.05) is 7.05 Å². The van der Waals surface area contributed by atoms with E-state index in [0.29, 0.717) is 11.4 Å². The first kappa shape index (κ1) is 16.6. The lowest BCUT2D eigenvalue weighted by Crippen LogP contribution is -2.23. The van der Waals surface area contributed by atoms with Gasteiger partial charge in [0.2, 0.25) is 10.0 Å². The summed E-state index contributed by atoms with van der Waals surface area (Å²) >= 11 is 3.04. The Morgan fingerprint density at radius 3 is 2.62 bits per heavy atom. The smallest absolute Gasteiger partial charge is 0.242 e. The summed E-state index contributed by atoms with van der Waals surface area (Å²) in [5.74, 6) is 0. The Kier molecular flexibility index (Phi) is 5.50. The van der Waals surface area contributed by atoms with Gasteiger partial charge in [0.1, 0.15) is 5.01 Å². The van der Waals surface area contributed by atoms with Gasteiger partial charge in [-0.25, -0.2) is 18.1 Å². The summed E-state index contributed by atoms with van der Waals surface area (Å²) in [5.41, 5.74) is 0. The van der Waals surface area contributed by atoms with E-state index in [1.165, 1.54) is 11.3 Å². The Morgan fingerprint density at radius 2 is 2.00 bits per heavy atom. The third-order valence-electron chi connectivity index (χ3n) is 2.93. The molecule has 0 saturated heterocycles. The molecule has 2 aromatic rings. The van der Waals surface area contributed by atoms with E-state index >= 15 is 0 Å². The molecule has 0 aliphatic heterocycles. The highest BCUT2D eigenvalue weighted by molar-refractivity contribution is 7.89. The molecule has 0 radical (unpaired) electrons. The number of rotatable bonds is 7. The lowest BCUT2D eigenvalue weighted by atomic mass is 10.4. The molecule has 2 aromatic heterocycles. The summed E-state index contributed by atoms with van der Waals surface area (Å²) in [6.07, 6.45) is 2.72. The lowest BCUT2D eigenvalue weighted by molar-refractivity contribution is 0.581. The van der Waals surface area contributed by atoms with Crippen molar-refractivity contribution in [2.24, 2.45) is 0 Å². The van der Waals surface area contributed by atoms with Crippen molar-refractivity contribution in [3.8, 4) is 0 Å². The van der Waals surface area contributed by atoms with Gasteiger partial charge in [0.15, 0.2) is 0 Å². The molecule has 0 atom stereocenters. The maximum Gasteiger partial charge on any atom is 0.242 e. The Labute approximate surface area is 133 Å². The predicted molar refractivity (Wildman–Crippen MR) is 87.3 cm³/mol. The number of nitrogens with zero attached hydrogens (tertiary/aromatic N) is 1. The molecule has 8 heteroatoms. The fourth-order valence-electron chi connectivity index (χ4n) is 1.88. The first-order valence-corrected chi connectivity index (χ1v) is 9.75. The van der Waals surface area contributed by atoms with Crippen molar-refractivity contribution in [3.05, 3.63) is 31.9 Å². The molecule has 0 unspecified atom stereocenters. The van der Waals surface area contributed by atoms with Crippen LogP contribution >= 0.6 is 22.7 Å². The van der Waals surface area contributed by atoms with Crippen LogP contribution in [0.25, 0.3) is 0 Å². The second-order valence-electron chi connectivity index (χ2n) is 4.56. The van der Waals surface area contributed by atoms with Gasteiger partial charge in [-0.15, -0.1) is 22.7 Å². The molecule has 0 aliphatic rings. The molecule has 2 N–H and O–H groups in total. The first-order chi connectivity index (χ1) is 9.96. The SMILES string of the molecule is CCc1cnc(CNS(=O)(=O)c2cc(CNC)sc2C)s1. The number of aromatic nitrogens is 1. The van der Waals surface area contributed by atoms with Gasteiger partial charge in [-0.05, 0) is 26.5 Å². The molecule has 0 aromatic carbocycles. The summed E-state index contributed by atoms with van der Waals surface area (Å²) in [7, 11) is -1.64. The zero-order valence-corrected chi connectivity index (χ0v) is 14.7. The van der Waals surface area contributed by atoms with Gasteiger partial charge in [-0.1, -0.05) is 6.92 Å². The molecular formula is C13H19N3O2S3. The molecular weight excluding hydrogens is 326 g/mol. The molecule has 5 nitrogen and oxygen atoms in total. The van der Waals surface area contributed by atoms with Gasteiger partial charge in [-0.3, -0.25) is 0 Å². The third-order valence-corrected chi connectivity index (χ3v) is 6.78. The van der Waals surface area contributed by atoms with Gasteiger partial charge in [0.25, 0.3) is 0 Å². The Hall–Kier alpha value is -0.800. The second-order valence-corrected chi connectivity index (χ2v) is 8.84. The zero-order chi connectivity index (χ0) is 15.5. The largest absolute Gasteiger partial charge is 0.315 e. The molecule has 0 amide bonds.